The van der Waals surface area contributed by atoms with Crippen molar-refractivity contribution < 1.29 is 13.9 Å². The number of methoxy groups -OCH3 is 1. The Labute approximate surface area is 117 Å². The van der Waals surface area contributed by atoms with Gasteiger partial charge in [0, 0.05) is 24.8 Å². The molecule has 1 aromatic carbocycles. The van der Waals surface area contributed by atoms with Gasteiger partial charge in [0.1, 0.15) is 5.82 Å². The van der Waals surface area contributed by atoms with Crippen molar-refractivity contribution in [1.82, 2.24) is 4.90 Å². The molecule has 0 saturated heterocycles. The minimum Gasteiger partial charge on any atom is -0.465 e. The molecule has 20 heavy (non-hydrogen) atoms. The van der Waals surface area contributed by atoms with Gasteiger partial charge in [-0.1, -0.05) is 0 Å². The number of ether oxygens (including phenoxy) is 1. The predicted octanol–water partition coefficient (Wildman–Crippen LogP) is 1.70. The van der Waals surface area contributed by atoms with Crippen molar-refractivity contribution in [2.45, 2.75) is 18.9 Å². The summed E-state index contributed by atoms with van der Waals surface area (Å²) in [5, 5.41) is 2.99. The number of benzene rings is 1. The standard InChI is InChI=1S/C14H20FN3O2/c1-18(9-3-4-9)6-5-17-13-7-10(14(19)20-2)12(16)8-11(13)15/h7-9,17H,3-6,16H2,1-2H3. The molecular weight excluding hydrogens is 261 g/mol. The fourth-order valence-electron chi connectivity index (χ4n) is 2.08. The first-order valence-electron chi connectivity index (χ1n) is 6.64. The Kier molecular flexibility index (Phi) is 4.44. The number of esters is 1. The van der Waals surface area contributed by atoms with Crippen molar-refractivity contribution >= 4 is 17.3 Å². The van der Waals surface area contributed by atoms with E-state index in [9.17, 15) is 9.18 Å². The van der Waals surface area contributed by atoms with Crippen LogP contribution in [-0.4, -0.2) is 44.2 Å². The number of rotatable bonds is 6. The Morgan fingerprint density at radius 1 is 1.55 bits per heavy atom. The SMILES string of the molecule is COC(=O)c1cc(NCCN(C)C2CC2)c(F)cc1N. The number of likely N-dealkylation sites (N-methyl/N-ethyl adjacent to an activating group) is 1. The lowest BCUT2D eigenvalue weighted by Crippen LogP contribution is -2.27. The summed E-state index contributed by atoms with van der Waals surface area (Å²) in [6.07, 6.45) is 2.47. The highest BCUT2D eigenvalue weighted by Crippen LogP contribution is 2.25. The monoisotopic (exact) mass is 281 g/mol. The molecule has 0 spiro atoms. The van der Waals surface area contributed by atoms with Gasteiger partial charge >= 0.3 is 5.97 Å². The van der Waals surface area contributed by atoms with Gasteiger partial charge in [0.05, 0.1) is 18.4 Å². The molecule has 0 atom stereocenters. The molecule has 6 heteroatoms. The van der Waals surface area contributed by atoms with Crippen LogP contribution in [0.4, 0.5) is 15.8 Å². The number of carbonyl (C=O) groups excluding carboxylic acids is 1. The van der Waals surface area contributed by atoms with E-state index in [0.717, 1.165) is 12.6 Å². The highest BCUT2D eigenvalue weighted by molar-refractivity contribution is 5.96. The lowest BCUT2D eigenvalue weighted by molar-refractivity contribution is 0.0602. The number of anilines is 2. The molecule has 0 amide bonds. The second-order valence-electron chi connectivity index (χ2n) is 5.05. The van der Waals surface area contributed by atoms with Crippen molar-refractivity contribution in [2.24, 2.45) is 0 Å². The predicted molar refractivity (Wildman–Crippen MR) is 76.3 cm³/mol. The van der Waals surface area contributed by atoms with Gasteiger partial charge in [0.2, 0.25) is 0 Å². The van der Waals surface area contributed by atoms with Crippen molar-refractivity contribution in [1.29, 1.82) is 0 Å². The number of nitrogens with one attached hydrogen (secondary N) is 1. The first-order valence-corrected chi connectivity index (χ1v) is 6.64. The Hall–Kier alpha value is -1.82. The summed E-state index contributed by atoms with van der Waals surface area (Å²) >= 11 is 0. The molecule has 1 fully saturated rings. The number of nitrogens with zero attached hydrogens (tertiary/aromatic N) is 1. The van der Waals surface area contributed by atoms with E-state index < -0.39 is 11.8 Å². The third-order valence-corrected chi connectivity index (χ3v) is 3.49. The number of hydrogen-bond donors (Lipinski definition) is 2. The van der Waals surface area contributed by atoms with Gasteiger partial charge in [-0.25, -0.2) is 9.18 Å². The summed E-state index contributed by atoms with van der Waals surface area (Å²) in [7, 11) is 3.32. The van der Waals surface area contributed by atoms with Crippen LogP contribution in [0.5, 0.6) is 0 Å². The molecule has 0 aromatic heterocycles. The maximum Gasteiger partial charge on any atom is 0.340 e. The molecule has 1 aliphatic rings. The number of hydrogen-bond acceptors (Lipinski definition) is 5. The number of carbonyl (C=O) groups is 1. The highest BCUT2D eigenvalue weighted by atomic mass is 19.1. The lowest BCUT2D eigenvalue weighted by atomic mass is 10.1. The zero-order valence-electron chi connectivity index (χ0n) is 11.8. The minimum atomic E-state index is -0.569. The van der Waals surface area contributed by atoms with Crippen molar-refractivity contribution in [3.63, 3.8) is 0 Å². The molecule has 1 saturated carbocycles. The van der Waals surface area contributed by atoms with Crippen LogP contribution in [0.2, 0.25) is 0 Å². The Balaban J connectivity index is 2.00. The summed E-state index contributed by atoms with van der Waals surface area (Å²) < 4.78 is 18.4. The topological polar surface area (TPSA) is 67.6 Å². The Morgan fingerprint density at radius 2 is 2.25 bits per heavy atom. The van der Waals surface area contributed by atoms with E-state index in [2.05, 4.69) is 22.0 Å². The average Bonchev–Trinajstić information content (AvgIpc) is 3.24. The molecule has 0 bridgehead atoms. The van der Waals surface area contributed by atoms with E-state index >= 15 is 0 Å². The molecule has 2 rings (SSSR count). The highest BCUT2D eigenvalue weighted by Gasteiger charge is 2.25. The molecular formula is C14H20FN3O2. The average molecular weight is 281 g/mol. The van der Waals surface area contributed by atoms with Crippen molar-refractivity contribution in [2.75, 3.05) is 38.3 Å². The quantitative estimate of drug-likeness (QED) is 0.613. The molecule has 0 aliphatic heterocycles. The summed E-state index contributed by atoms with van der Waals surface area (Å²) in [6, 6.07) is 3.20. The van der Waals surface area contributed by atoms with Crippen LogP contribution in [0.15, 0.2) is 12.1 Å². The van der Waals surface area contributed by atoms with Gasteiger partial charge in [-0.05, 0) is 32.0 Å². The minimum absolute atomic E-state index is 0.0787. The van der Waals surface area contributed by atoms with Gasteiger partial charge in [0.15, 0.2) is 0 Å². The van der Waals surface area contributed by atoms with Crippen LogP contribution < -0.4 is 11.1 Å². The fraction of sp³-hybridized carbons (Fsp3) is 0.500. The number of halogens is 1. The maximum atomic E-state index is 13.8. The maximum absolute atomic E-state index is 13.8. The lowest BCUT2D eigenvalue weighted by Gasteiger charge is -2.17. The summed E-state index contributed by atoms with van der Waals surface area (Å²) in [6.45, 7) is 1.43. The molecule has 1 aromatic rings. The molecule has 0 unspecified atom stereocenters. The van der Waals surface area contributed by atoms with Gasteiger partial charge in [0.25, 0.3) is 0 Å². The molecule has 1 aliphatic carbocycles. The van der Waals surface area contributed by atoms with Crippen LogP contribution >= 0.6 is 0 Å². The summed E-state index contributed by atoms with van der Waals surface area (Å²) in [4.78, 5) is 13.8. The van der Waals surface area contributed by atoms with E-state index in [1.54, 1.807) is 0 Å². The van der Waals surface area contributed by atoms with E-state index in [-0.39, 0.29) is 16.9 Å². The van der Waals surface area contributed by atoms with Gasteiger partial charge in [-0.3, -0.25) is 0 Å². The molecule has 3 N–H and O–H groups in total. The number of nitrogens with two attached hydrogens (primary N) is 1. The molecule has 5 nitrogen and oxygen atoms in total. The van der Waals surface area contributed by atoms with Crippen LogP contribution in [0.1, 0.15) is 23.2 Å². The second-order valence-corrected chi connectivity index (χ2v) is 5.05. The van der Waals surface area contributed by atoms with Crippen molar-refractivity contribution in [3.8, 4) is 0 Å². The molecule has 0 heterocycles. The van der Waals surface area contributed by atoms with Crippen LogP contribution in [0.3, 0.4) is 0 Å². The molecule has 0 radical (unpaired) electrons. The smallest absolute Gasteiger partial charge is 0.340 e. The van der Waals surface area contributed by atoms with E-state index in [0.29, 0.717) is 12.6 Å². The first kappa shape index (κ1) is 14.6. The van der Waals surface area contributed by atoms with Gasteiger partial charge in [-0.2, -0.15) is 0 Å². The number of nitrogen functional groups attached to an aromatic ring is 1. The van der Waals surface area contributed by atoms with Crippen LogP contribution in [0.25, 0.3) is 0 Å². The largest absolute Gasteiger partial charge is 0.465 e. The zero-order chi connectivity index (χ0) is 14.7. The normalized spacial score (nSPS) is 14.4. The van der Waals surface area contributed by atoms with Gasteiger partial charge in [-0.15, -0.1) is 0 Å². The Morgan fingerprint density at radius 3 is 2.85 bits per heavy atom. The Bertz CT molecular complexity index is 503. The molecule has 110 valence electrons. The third-order valence-electron chi connectivity index (χ3n) is 3.49. The van der Waals surface area contributed by atoms with E-state index in [4.69, 9.17) is 5.73 Å². The summed E-state index contributed by atoms with van der Waals surface area (Å²) in [5.74, 6) is -1.04. The fourth-order valence-corrected chi connectivity index (χ4v) is 2.08. The second kappa shape index (κ2) is 6.09. The first-order chi connectivity index (χ1) is 9.52. The zero-order valence-corrected chi connectivity index (χ0v) is 11.8. The summed E-state index contributed by atoms with van der Waals surface area (Å²) in [5.41, 5.74) is 6.13. The van der Waals surface area contributed by atoms with Gasteiger partial charge < -0.3 is 20.7 Å². The van der Waals surface area contributed by atoms with Crippen LogP contribution in [-0.2, 0) is 4.74 Å². The third kappa shape index (κ3) is 3.39. The van der Waals surface area contributed by atoms with E-state index in [1.807, 2.05) is 0 Å². The van der Waals surface area contributed by atoms with Crippen LogP contribution in [0, 0.1) is 5.82 Å². The van der Waals surface area contributed by atoms with Crippen molar-refractivity contribution in [3.05, 3.63) is 23.5 Å². The van der Waals surface area contributed by atoms with E-state index in [1.165, 1.54) is 26.0 Å².